The molecule has 0 spiro atoms. The Kier molecular flexibility index (Phi) is 5.15. The third kappa shape index (κ3) is 3.78. The monoisotopic (exact) mass is 484 g/mol. The predicted octanol–water partition coefficient (Wildman–Crippen LogP) is 5.76. The van der Waals surface area contributed by atoms with Gasteiger partial charge in [-0.25, -0.2) is 0 Å². The van der Waals surface area contributed by atoms with Crippen molar-refractivity contribution >= 4 is 33.2 Å². The maximum atomic E-state index is 10.5. The van der Waals surface area contributed by atoms with Crippen molar-refractivity contribution in [2.45, 2.75) is 18.6 Å². The quantitative estimate of drug-likeness (QED) is 0.495. The number of nitrogens with one attached hydrogen (secondary N) is 1. The van der Waals surface area contributed by atoms with E-state index in [1.54, 1.807) is 6.07 Å². The van der Waals surface area contributed by atoms with Gasteiger partial charge in [-0.1, -0.05) is 39.7 Å². The summed E-state index contributed by atoms with van der Waals surface area (Å²) >= 11 is 9.58. The Labute approximate surface area is 187 Å². The van der Waals surface area contributed by atoms with E-state index < -0.39 is 0 Å². The van der Waals surface area contributed by atoms with E-state index >= 15 is 0 Å². The van der Waals surface area contributed by atoms with Crippen molar-refractivity contribution < 1.29 is 14.6 Å². The van der Waals surface area contributed by atoms with Crippen LogP contribution in [-0.2, 0) is 0 Å². The number of aromatic hydroxyl groups is 1. The summed E-state index contributed by atoms with van der Waals surface area (Å²) < 4.78 is 11.9. The van der Waals surface area contributed by atoms with Crippen LogP contribution in [0.4, 0.5) is 0 Å². The summed E-state index contributed by atoms with van der Waals surface area (Å²) in [4.78, 5) is 4.98. The molecule has 2 N–H and O–H groups in total. The fourth-order valence-corrected chi connectivity index (χ4v) is 4.28. The highest BCUT2D eigenvalue weighted by atomic mass is 79.9. The van der Waals surface area contributed by atoms with Gasteiger partial charge < -0.3 is 14.6 Å². The first-order chi connectivity index (χ1) is 14.6. The number of fused-ring (bicyclic) bond motifs is 1. The van der Waals surface area contributed by atoms with Gasteiger partial charge in [-0.05, 0) is 59.7 Å². The van der Waals surface area contributed by atoms with Crippen LogP contribution in [0, 0.1) is 0 Å². The normalized spacial score (nSPS) is 20.1. The van der Waals surface area contributed by atoms with Gasteiger partial charge in [0.15, 0.2) is 11.5 Å². The Morgan fingerprint density at radius 3 is 2.63 bits per heavy atom. The molecule has 2 aliphatic heterocycles. The Balaban J connectivity index is 1.56. The van der Waals surface area contributed by atoms with Crippen LogP contribution in [0.3, 0.4) is 0 Å². The number of hydrogen-bond donors (Lipinski definition) is 2. The van der Waals surface area contributed by atoms with E-state index in [2.05, 4.69) is 21.2 Å². The van der Waals surface area contributed by atoms with Crippen LogP contribution in [0.2, 0.25) is 5.02 Å². The second-order valence-electron chi connectivity index (χ2n) is 7.22. The summed E-state index contributed by atoms with van der Waals surface area (Å²) in [6.45, 7) is 0.231. The molecule has 2 atom stereocenters. The van der Waals surface area contributed by atoms with Crippen LogP contribution in [0.1, 0.15) is 35.3 Å². The minimum absolute atomic E-state index is 0.124. The summed E-state index contributed by atoms with van der Waals surface area (Å²) in [6, 6.07) is 18.8. The molecular weight excluding hydrogens is 468 g/mol. The van der Waals surface area contributed by atoms with Gasteiger partial charge in [0.05, 0.1) is 0 Å². The van der Waals surface area contributed by atoms with Crippen LogP contribution < -0.4 is 14.8 Å². The number of phenols is 1. The second-order valence-corrected chi connectivity index (χ2v) is 8.58. The third-order valence-corrected chi connectivity index (χ3v) is 6.04. The Hall–Kier alpha value is -2.54. The highest BCUT2D eigenvalue weighted by Gasteiger charge is 2.28. The number of aliphatic imine (C=N–C) groups is 1. The molecule has 0 saturated heterocycles. The molecular formula is C23H18BrClN2O3. The molecule has 2 aliphatic rings. The number of hydrogen-bond acceptors (Lipinski definition) is 5. The maximum Gasteiger partial charge on any atom is 0.231 e. The largest absolute Gasteiger partial charge is 0.508 e. The molecule has 0 bridgehead atoms. The lowest BCUT2D eigenvalue weighted by Crippen LogP contribution is -2.33. The molecule has 3 aromatic carbocycles. The van der Waals surface area contributed by atoms with Crippen molar-refractivity contribution in [1.82, 2.24) is 5.32 Å². The Morgan fingerprint density at radius 2 is 1.80 bits per heavy atom. The van der Waals surface area contributed by atoms with Gasteiger partial charge in [-0.15, -0.1) is 0 Å². The van der Waals surface area contributed by atoms with E-state index in [1.807, 2.05) is 54.6 Å². The molecule has 5 nitrogen and oxygen atoms in total. The van der Waals surface area contributed by atoms with Crippen molar-refractivity contribution in [3.63, 3.8) is 0 Å². The van der Waals surface area contributed by atoms with Crippen LogP contribution >= 0.6 is 27.5 Å². The molecule has 0 radical (unpaired) electrons. The minimum atomic E-state index is -0.278. The first kappa shape index (κ1) is 19.4. The zero-order chi connectivity index (χ0) is 20.7. The lowest BCUT2D eigenvalue weighted by atomic mass is 9.93. The van der Waals surface area contributed by atoms with Crippen LogP contribution in [-0.4, -0.2) is 17.6 Å². The molecule has 0 saturated carbocycles. The minimum Gasteiger partial charge on any atom is -0.508 e. The van der Waals surface area contributed by atoms with Crippen LogP contribution in [0.15, 0.2) is 70.1 Å². The first-order valence-electron chi connectivity index (χ1n) is 9.53. The fraction of sp³-hybridized carbons (Fsp3) is 0.174. The van der Waals surface area contributed by atoms with Crippen LogP contribution in [0.5, 0.6) is 17.2 Å². The number of benzene rings is 3. The third-order valence-electron chi connectivity index (χ3n) is 5.30. The Bertz CT molecular complexity index is 1130. The Morgan fingerprint density at radius 1 is 1.00 bits per heavy atom. The molecule has 2 heterocycles. The van der Waals surface area contributed by atoms with Gasteiger partial charge >= 0.3 is 0 Å². The number of ether oxygens (including phenoxy) is 2. The van der Waals surface area contributed by atoms with E-state index in [0.717, 1.165) is 38.4 Å². The van der Waals surface area contributed by atoms with Gasteiger partial charge in [-0.3, -0.25) is 10.3 Å². The average molecular weight is 486 g/mol. The molecule has 30 heavy (non-hydrogen) atoms. The molecule has 5 rings (SSSR count). The van der Waals surface area contributed by atoms with E-state index in [1.165, 1.54) is 0 Å². The van der Waals surface area contributed by atoms with Gasteiger partial charge in [0.25, 0.3) is 0 Å². The number of halogens is 2. The molecule has 0 aromatic heterocycles. The van der Waals surface area contributed by atoms with Crippen LogP contribution in [0.25, 0.3) is 0 Å². The topological polar surface area (TPSA) is 63.1 Å². The zero-order valence-corrected chi connectivity index (χ0v) is 18.2. The van der Waals surface area contributed by atoms with E-state index in [-0.39, 0.29) is 24.8 Å². The first-order valence-corrected chi connectivity index (χ1v) is 10.7. The summed E-state index contributed by atoms with van der Waals surface area (Å²) in [5.74, 6) is 1.71. The second kappa shape index (κ2) is 7.95. The van der Waals surface area contributed by atoms with Gasteiger partial charge in [0.1, 0.15) is 11.9 Å². The molecule has 0 unspecified atom stereocenters. The summed E-state index contributed by atoms with van der Waals surface area (Å²) in [7, 11) is 0. The van der Waals surface area contributed by atoms with Crippen molar-refractivity contribution in [3.8, 4) is 17.2 Å². The maximum absolute atomic E-state index is 10.5. The summed E-state index contributed by atoms with van der Waals surface area (Å²) in [6.07, 6.45) is 0.341. The summed E-state index contributed by atoms with van der Waals surface area (Å²) in [5, 5.41) is 14.7. The summed E-state index contributed by atoms with van der Waals surface area (Å²) in [5.41, 5.74) is 3.71. The predicted molar refractivity (Wildman–Crippen MR) is 120 cm³/mol. The SMILES string of the molecule is Oc1ccc(Br)cc1[C@H]1CC(c2ccc3c(c2)OCO3)=N[C@H](c2ccc(Cl)cc2)N1. The van der Waals surface area contributed by atoms with Gasteiger partial charge in [-0.2, -0.15) is 0 Å². The molecule has 0 fully saturated rings. The standard InChI is InChI=1S/C23H18BrClN2O3/c24-15-4-7-20(28)17(10-15)19-11-18(14-3-8-21-22(9-14)30-12-29-21)26-23(27-19)13-1-5-16(25)6-2-13/h1-10,19,23,27-28H,11-12H2/t19-,23+/m1/s1. The molecule has 0 aliphatic carbocycles. The van der Waals surface area contributed by atoms with Gasteiger partial charge in [0, 0.05) is 33.2 Å². The van der Waals surface area contributed by atoms with Crippen molar-refractivity contribution in [2.75, 3.05) is 6.79 Å². The fourth-order valence-electron chi connectivity index (χ4n) is 3.78. The van der Waals surface area contributed by atoms with Crippen molar-refractivity contribution in [1.29, 1.82) is 0 Å². The van der Waals surface area contributed by atoms with Crippen molar-refractivity contribution in [3.05, 3.63) is 86.8 Å². The molecule has 7 heteroatoms. The lowest BCUT2D eigenvalue weighted by molar-refractivity contribution is 0.174. The van der Waals surface area contributed by atoms with E-state index in [9.17, 15) is 5.11 Å². The van der Waals surface area contributed by atoms with E-state index in [0.29, 0.717) is 11.4 Å². The number of nitrogens with zero attached hydrogens (tertiary/aromatic N) is 1. The van der Waals surface area contributed by atoms with Gasteiger partial charge in [0.2, 0.25) is 6.79 Å². The highest BCUT2D eigenvalue weighted by Crippen LogP contribution is 2.38. The molecule has 3 aromatic rings. The molecule has 0 amide bonds. The number of rotatable bonds is 3. The molecule has 152 valence electrons. The average Bonchev–Trinajstić information content (AvgIpc) is 3.23. The lowest BCUT2D eigenvalue weighted by Gasteiger charge is -2.31. The van der Waals surface area contributed by atoms with Crippen molar-refractivity contribution in [2.24, 2.45) is 4.99 Å². The smallest absolute Gasteiger partial charge is 0.231 e. The number of phenolic OH excluding ortho intramolecular Hbond substituents is 1. The van der Waals surface area contributed by atoms with E-state index in [4.69, 9.17) is 26.1 Å². The zero-order valence-electron chi connectivity index (χ0n) is 15.8. The highest BCUT2D eigenvalue weighted by molar-refractivity contribution is 9.10.